The van der Waals surface area contributed by atoms with Gasteiger partial charge in [0.15, 0.2) is 0 Å². The molecule has 1 fully saturated rings. The van der Waals surface area contributed by atoms with E-state index in [0.29, 0.717) is 17.9 Å². The van der Waals surface area contributed by atoms with Crippen molar-refractivity contribution in [3.8, 4) is 0 Å². The number of hydrogen-bond donors (Lipinski definition) is 1. The summed E-state index contributed by atoms with van der Waals surface area (Å²) >= 11 is 0. The van der Waals surface area contributed by atoms with Gasteiger partial charge in [0.05, 0.1) is 0 Å². The summed E-state index contributed by atoms with van der Waals surface area (Å²) in [6, 6.07) is 9.99. The topological polar surface area (TPSA) is 12.0 Å². The second-order valence-corrected chi connectivity index (χ2v) is 7.04. The average Bonchev–Trinajstić information content (AvgIpc) is 2.93. The Morgan fingerprint density at radius 3 is 2.00 bits per heavy atom. The van der Waals surface area contributed by atoms with Gasteiger partial charge >= 0.3 is 0 Å². The minimum Gasteiger partial charge on any atom is -0.314 e. The molecule has 0 radical (unpaired) electrons. The molecule has 1 unspecified atom stereocenters. The van der Waals surface area contributed by atoms with Crippen LogP contribution in [0.25, 0.3) is 0 Å². The van der Waals surface area contributed by atoms with Crippen molar-refractivity contribution >= 4 is 0 Å². The molecular weight excluding hydrogens is 242 g/mol. The Labute approximate surface area is 125 Å². The van der Waals surface area contributed by atoms with Crippen molar-refractivity contribution in [2.45, 2.75) is 71.3 Å². The molecule has 0 heterocycles. The molecule has 1 aliphatic rings. The fourth-order valence-corrected chi connectivity index (χ4v) is 3.41. The van der Waals surface area contributed by atoms with Crippen LogP contribution < -0.4 is 5.32 Å². The van der Waals surface area contributed by atoms with E-state index < -0.39 is 0 Å². The lowest BCUT2D eigenvalue weighted by Gasteiger charge is -2.26. The van der Waals surface area contributed by atoms with Crippen LogP contribution in [0, 0.1) is 5.92 Å². The molecule has 1 aromatic carbocycles. The lowest BCUT2D eigenvalue weighted by atomic mass is 9.84. The standard InChI is InChI=1S/C19H31N/c1-14(2)16-9-11-18(12-10-16)19(13-20-15(3)4)17-7-5-6-8-17/h9-12,14-15,17,19-20H,5-8,13H2,1-4H3. The molecule has 1 atom stereocenters. The average molecular weight is 273 g/mol. The normalized spacial score (nSPS) is 18.1. The van der Waals surface area contributed by atoms with Crippen LogP contribution >= 0.6 is 0 Å². The summed E-state index contributed by atoms with van der Waals surface area (Å²) in [7, 11) is 0. The second-order valence-electron chi connectivity index (χ2n) is 7.04. The van der Waals surface area contributed by atoms with E-state index in [-0.39, 0.29) is 0 Å². The van der Waals surface area contributed by atoms with Crippen molar-refractivity contribution < 1.29 is 0 Å². The van der Waals surface area contributed by atoms with Gasteiger partial charge in [-0.3, -0.25) is 0 Å². The first-order chi connectivity index (χ1) is 9.58. The quantitative estimate of drug-likeness (QED) is 0.762. The monoisotopic (exact) mass is 273 g/mol. The van der Waals surface area contributed by atoms with Gasteiger partial charge in [-0.1, -0.05) is 64.8 Å². The fourth-order valence-electron chi connectivity index (χ4n) is 3.41. The van der Waals surface area contributed by atoms with Gasteiger partial charge in [-0.2, -0.15) is 0 Å². The highest BCUT2D eigenvalue weighted by Crippen LogP contribution is 2.37. The molecule has 0 spiro atoms. The lowest BCUT2D eigenvalue weighted by molar-refractivity contribution is 0.398. The Hall–Kier alpha value is -0.820. The lowest BCUT2D eigenvalue weighted by Crippen LogP contribution is -2.30. The third-order valence-electron chi connectivity index (χ3n) is 4.75. The minimum atomic E-state index is 0.578. The predicted molar refractivity (Wildman–Crippen MR) is 88.4 cm³/mol. The molecule has 112 valence electrons. The maximum absolute atomic E-state index is 3.66. The summed E-state index contributed by atoms with van der Waals surface area (Å²) in [6.07, 6.45) is 5.67. The zero-order valence-electron chi connectivity index (χ0n) is 13.7. The van der Waals surface area contributed by atoms with E-state index >= 15 is 0 Å². The second kappa shape index (κ2) is 7.26. The van der Waals surface area contributed by atoms with Crippen LogP contribution in [-0.4, -0.2) is 12.6 Å². The van der Waals surface area contributed by atoms with Crippen molar-refractivity contribution in [1.29, 1.82) is 0 Å². The van der Waals surface area contributed by atoms with Gasteiger partial charge in [-0.25, -0.2) is 0 Å². The molecule has 1 N–H and O–H groups in total. The number of benzene rings is 1. The SMILES string of the molecule is CC(C)NCC(c1ccc(C(C)C)cc1)C1CCCC1. The van der Waals surface area contributed by atoms with Gasteiger partial charge in [-0.05, 0) is 41.7 Å². The van der Waals surface area contributed by atoms with Gasteiger partial charge in [0.25, 0.3) is 0 Å². The van der Waals surface area contributed by atoms with Gasteiger partial charge in [0, 0.05) is 12.6 Å². The van der Waals surface area contributed by atoms with Gasteiger partial charge < -0.3 is 5.32 Å². The zero-order chi connectivity index (χ0) is 14.5. The molecule has 0 amide bonds. The first-order valence-corrected chi connectivity index (χ1v) is 8.41. The van der Waals surface area contributed by atoms with Crippen molar-refractivity contribution in [1.82, 2.24) is 5.32 Å². The van der Waals surface area contributed by atoms with Crippen molar-refractivity contribution in [2.24, 2.45) is 5.92 Å². The number of hydrogen-bond acceptors (Lipinski definition) is 1. The molecule has 0 bridgehead atoms. The first kappa shape index (κ1) is 15.6. The van der Waals surface area contributed by atoms with Crippen molar-refractivity contribution in [3.63, 3.8) is 0 Å². The molecule has 1 nitrogen and oxygen atoms in total. The van der Waals surface area contributed by atoms with Crippen LogP contribution in [-0.2, 0) is 0 Å². The van der Waals surface area contributed by atoms with Crippen molar-refractivity contribution in [2.75, 3.05) is 6.54 Å². The largest absolute Gasteiger partial charge is 0.314 e. The summed E-state index contributed by atoms with van der Waals surface area (Å²) in [5.41, 5.74) is 2.99. The maximum atomic E-state index is 3.66. The van der Waals surface area contributed by atoms with E-state index in [4.69, 9.17) is 0 Å². The highest BCUT2D eigenvalue weighted by Gasteiger charge is 2.26. The van der Waals surface area contributed by atoms with E-state index in [1.54, 1.807) is 0 Å². The minimum absolute atomic E-state index is 0.578. The number of nitrogens with one attached hydrogen (secondary N) is 1. The maximum Gasteiger partial charge on any atom is 0.00251 e. The summed E-state index contributed by atoms with van der Waals surface area (Å²) in [4.78, 5) is 0. The molecule has 20 heavy (non-hydrogen) atoms. The van der Waals surface area contributed by atoms with Gasteiger partial charge in [0.1, 0.15) is 0 Å². The molecule has 1 aliphatic carbocycles. The predicted octanol–water partition coefficient (Wildman–Crippen LogP) is 5.08. The van der Waals surface area contributed by atoms with Crippen LogP contribution in [0.5, 0.6) is 0 Å². The van der Waals surface area contributed by atoms with E-state index in [1.807, 2.05) is 0 Å². The molecule has 1 saturated carbocycles. The Morgan fingerprint density at radius 1 is 0.950 bits per heavy atom. The summed E-state index contributed by atoms with van der Waals surface area (Å²) in [5, 5.41) is 3.66. The smallest absolute Gasteiger partial charge is 0.00251 e. The van der Waals surface area contributed by atoms with Crippen LogP contribution in [0.15, 0.2) is 24.3 Å². The Morgan fingerprint density at radius 2 is 1.50 bits per heavy atom. The molecule has 0 aliphatic heterocycles. The Balaban J connectivity index is 2.11. The van der Waals surface area contributed by atoms with E-state index in [1.165, 1.54) is 36.8 Å². The van der Waals surface area contributed by atoms with Crippen molar-refractivity contribution in [3.05, 3.63) is 35.4 Å². The van der Waals surface area contributed by atoms with E-state index in [2.05, 4.69) is 57.3 Å². The third-order valence-corrected chi connectivity index (χ3v) is 4.75. The highest BCUT2D eigenvalue weighted by molar-refractivity contribution is 5.28. The first-order valence-electron chi connectivity index (χ1n) is 8.41. The van der Waals surface area contributed by atoms with Crippen LogP contribution in [0.4, 0.5) is 0 Å². The Bertz CT molecular complexity index is 385. The summed E-state index contributed by atoms with van der Waals surface area (Å²) in [5.74, 6) is 2.20. The molecule has 0 aromatic heterocycles. The highest BCUT2D eigenvalue weighted by atomic mass is 14.9. The van der Waals surface area contributed by atoms with E-state index in [0.717, 1.165) is 12.5 Å². The van der Waals surface area contributed by atoms with Crippen LogP contribution in [0.1, 0.15) is 76.3 Å². The summed E-state index contributed by atoms with van der Waals surface area (Å²) < 4.78 is 0. The van der Waals surface area contributed by atoms with E-state index in [9.17, 15) is 0 Å². The Kier molecular flexibility index (Phi) is 5.65. The zero-order valence-corrected chi connectivity index (χ0v) is 13.7. The van der Waals surface area contributed by atoms with Crippen LogP contribution in [0.3, 0.4) is 0 Å². The molecule has 1 aromatic rings. The van der Waals surface area contributed by atoms with Crippen LogP contribution in [0.2, 0.25) is 0 Å². The fraction of sp³-hybridized carbons (Fsp3) is 0.684. The molecule has 2 rings (SSSR count). The number of rotatable bonds is 6. The third kappa shape index (κ3) is 4.09. The summed E-state index contributed by atoms with van der Waals surface area (Å²) in [6.45, 7) is 10.2. The van der Waals surface area contributed by atoms with Gasteiger partial charge in [-0.15, -0.1) is 0 Å². The molecule has 0 saturated heterocycles. The molecular formula is C19H31N. The molecule has 1 heteroatoms. The van der Waals surface area contributed by atoms with Gasteiger partial charge in [0.2, 0.25) is 0 Å².